The number of benzene rings is 2. The van der Waals surface area contributed by atoms with Crippen molar-refractivity contribution < 1.29 is 13.2 Å². The van der Waals surface area contributed by atoms with Crippen LogP contribution >= 0.6 is 0 Å². The van der Waals surface area contributed by atoms with E-state index in [1.165, 1.54) is 6.08 Å². The lowest BCUT2D eigenvalue weighted by atomic mass is 10.1. The summed E-state index contributed by atoms with van der Waals surface area (Å²) < 4.78 is 28.2. The molecule has 2 N–H and O–H groups in total. The maximum absolute atomic E-state index is 12.6. The summed E-state index contributed by atoms with van der Waals surface area (Å²) >= 11 is 0. The van der Waals surface area contributed by atoms with Gasteiger partial charge in [-0.1, -0.05) is 36.4 Å². The number of amides is 1. The van der Waals surface area contributed by atoms with Gasteiger partial charge in [-0.3, -0.25) is 4.79 Å². The summed E-state index contributed by atoms with van der Waals surface area (Å²) in [5.41, 5.74) is 4.80. The van der Waals surface area contributed by atoms with Gasteiger partial charge < -0.3 is 5.32 Å². The summed E-state index contributed by atoms with van der Waals surface area (Å²) in [5, 5.41) is 7.44. The van der Waals surface area contributed by atoms with Gasteiger partial charge in [0.25, 0.3) is 0 Å². The summed E-state index contributed by atoms with van der Waals surface area (Å²) in [7, 11) is -3.42. The van der Waals surface area contributed by atoms with Crippen LogP contribution in [0.4, 0.5) is 5.69 Å². The number of aryl methyl sites for hydroxylation is 1. The van der Waals surface area contributed by atoms with Crippen LogP contribution in [0, 0.1) is 13.8 Å². The summed E-state index contributed by atoms with van der Waals surface area (Å²) in [4.78, 5) is 12.6. The largest absolute Gasteiger partial charge is 0.326 e. The second-order valence-electron chi connectivity index (χ2n) is 7.21. The number of hydrogen-bond acceptors (Lipinski definition) is 4. The number of carbonyl (C=O) groups is 1. The summed E-state index contributed by atoms with van der Waals surface area (Å²) in [6, 6.07) is 16.6. The Hall–Kier alpha value is -3.23. The topological polar surface area (TPSA) is 93.1 Å². The van der Waals surface area contributed by atoms with Crippen LogP contribution in [0.5, 0.6) is 0 Å². The fourth-order valence-corrected chi connectivity index (χ4v) is 4.36. The van der Waals surface area contributed by atoms with E-state index in [2.05, 4.69) is 21.7 Å². The van der Waals surface area contributed by atoms with Crippen molar-refractivity contribution in [2.45, 2.75) is 26.0 Å². The summed E-state index contributed by atoms with van der Waals surface area (Å²) in [5.74, 6) is -0.293. The standard InChI is InChI=1S/C23H26N4O3S/c1-4-14-24-31(29,30)16-19-10-12-20(13-11-19)25-23(28)15-22-17(2)26-27(18(22)3)21-8-6-5-7-9-21/h4-13,24H,1,14-16H2,2-3H3,(H,25,28). The Morgan fingerprint density at radius 3 is 2.42 bits per heavy atom. The summed E-state index contributed by atoms with van der Waals surface area (Å²) in [6.07, 6.45) is 1.69. The number of sulfonamides is 1. The van der Waals surface area contributed by atoms with Crippen LogP contribution < -0.4 is 10.0 Å². The van der Waals surface area contributed by atoms with Crippen molar-refractivity contribution in [1.29, 1.82) is 0 Å². The van der Waals surface area contributed by atoms with E-state index in [4.69, 9.17) is 0 Å². The van der Waals surface area contributed by atoms with E-state index in [-0.39, 0.29) is 24.6 Å². The van der Waals surface area contributed by atoms with Crippen LogP contribution in [0.15, 0.2) is 67.3 Å². The second-order valence-corrected chi connectivity index (χ2v) is 9.02. The minimum absolute atomic E-state index is 0.133. The van der Waals surface area contributed by atoms with E-state index in [0.717, 1.165) is 22.6 Å². The van der Waals surface area contributed by atoms with Crippen LogP contribution in [-0.2, 0) is 27.0 Å². The molecular formula is C23H26N4O3S. The van der Waals surface area contributed by atoms with Crippen molar-refractivity contribution in [3.05, 3.63) is 89.8 Å². The number of nitrogens with one attached hydrogen (secondary N) is 2. The van der Waals surface area contributed by atoms with Crippen LogP contribution in [0.25, 0.3) is 5.69 Å². The normalized spacial score (nSPS) is 11.3. The average molecular weight is 439 g/mol. The van der Waals surface area contributed by atoms with E-state index in [9.17, 15) is 13.2 Å². The van der Waals surface area contributed by atoms with Gasteiger partial charge in [0.2, 0.25) is 15.9 Å². The van der Waals surface area contributed by atoms with Crippen LogP contribution in [-0.4, -0.2) is 30.7 Å². The Labute approximate surface area is 182 Å². The Morgan fingerprint density at radius 2 is 1.77 bits per heavy atom. The molecule has 31 heavy (non-hydrogen) atoms. The average Bonchev–Trinajstić information content (AvgIpc) is 3.02. The Morgan fingerprint density at radius 1 is 1.10 bits per heavy atom. The highest BCUT2D eigenvalue weighted by molar-refractivity contribution is 7.88. The molecule has 0 bridgehead atoms. The van der Waals surface area contributed by atoms with Crippen LogP contribution in [0.3, 0.4) is 0 Å². The molecule has 1 heterocycles. The highest BCUT2D eigenvalue weighted by atomic mass is 32.2. The first-order valence-corrected chi connectivity index (χ1v) is 11.5. The van der Waals surface area contributed by atoms with Crippen molar-refractivity contribution >= 4 is 21.6 Å². The maximum atomic E-state index is 12.6. The van der Waals surface area contributed by atoms with Gasteiger partial charge in [-0.15, -0.1) is 6.58 Å². The molecule has 0 aliphatic heterocycles. The molecule has 1 aromatic heterocycles. The number of para-hydroxylation sites is 1. The molecule has 7 nitrogen and oxygen atoms in total. The van der Waals surface area contributed by atoms with E-state index >= 15 is 0 Å². The van der Waals surface area contributed by atoms with Gasteiger partial charge in [-0.2, -0.15) is 5.10 Å². The van der Waals surface area contributed by atoms with Gasteiger partial charge in [0, 0.05) is 23.5 Å². The fraction of sp³-hybridized carbons (Fsp3) is 0.217. The van der Waals surface area contributed by atoms with Crippen LogP contribution in [0.1, 0.15) is 22.5 Å². The van der Waals surface area contributed by atoms with Gasteiger partial charge in [-0.05, 0) is 43.7 Å². The molecule has 8 heteroatoms. The first kappa shape index (κ1) is 22.5. The molecule has 0 spiro atoms. The van der Waals surface area contributed by atoms with E-state index in [0.29, 0.717) is 11.3 Å². The van der Waals surface area contributed by atoms with Gasteiger partial charge in [-0.25, -0.2) is 17.8 Å². The lowest BCUT2D eigenvalue weighted by molar-refractivity contribution is -0.115. The zero-order valence-corrected chi connectivity index (χ0v) is 18.4. The number of carbonyl (C=O) groups excluding carboxylic acids is 1. The molecule has 0 radical (unpaired) electrons. The third-order valence-electron chi connectivity index (χ3n) is 4.82. The zero-order chi connectivity index (χ0) is 22.4. The van der Waals surface area contributed by atoms with Gasteiger partial charge in [0.05, 0.1) is 23.6 Å². The molecule has 3 rings (SSSR count). The highest BCUT2D eigenvalue weighted by Crippen LogP contribution is 2.19. The molecule has 0 fully saturated rings. The molecular weight excluding hydrogens is 412 g/mol. The van der Waals surface area contributed by atoms with Gasteiger partial charge in [0.15, 0.2) is 0 Å². The lowest BCUT2D eigenvalue weighted by Crippen LogP contribution is -2.25. The molecule has 0 aliphatic carbocycles. The first-order chi connectivity index (χ1) is 14.8. The quantitative estimate of drug-likeness (QED) is 0.502. The van der Waals surface area contributed by atoms with Crippen molar-refractivity contribution in [3.63, 3.8) is 0 Å². The maximum Gasteiger partial charge on any atom is 0.228 e. The molecule has 0 aliphatic rings. The van der Waals surface area contributed by atoms with Crippen molar-refractivity contribution in [2.75, 3.05) is 11.9 Å². The molecule has 162 valence electrons. The SMILES string of the molecule is C=CCNS(=O)(=O)Cc1ccc(NC(=O)Cc2c(C)nn(-c3ccccc3)c2C)cc1. The van der Waals surface area contributed by atoms with E-state index in [1.54, 1.807) is 24.3 Å². The Bertz CT molecular complexity index is 1170. The van der Waals surface area contributed by atoms with Crippen molar-refractivity contribution in [3.8, 4) is 5.69 Å². The third kappa shape index (κ3) is 5.90. The first-order valence-electron chi connectivity index (χ1n) is 9.86. The smallest absolute Gasteiger partial charge is 0.228 e. The molecule has 0 saturated carbocycles. The molecule has 0 atom stereocenters. The Kier molecular flexibility index (Phi) is 7.04. The fourth-order valence-electron chi connectivity index (χ4n) is 3.26. The summed E-state index contributed by atoms with van der Waals surface area (Å²) in [6.45, 7) is 7.53. The van der Waals surface area contributed by atoms with Crippen molar-refractivity contribution in [1.82, 2.24) is 14.5 Å². The number of hydrogen-bond donors (Lipinski definition) is 2. The molecule has 0 unspecified atom stereocenters. The third-order valence-corrected chi connectivity index (χ3v) is 6.14. The number of aromatic nitrogens is 2. The van der Waals surface area contributed by atoms with Crippen LogP contribution in [0.2, 0.25) is 0 Å². The second kappa shape index (κ2) is 9.72. The van der Waals surface area contributed by atoms with E-state index in [1.807, 2.05) is 48.9 Å². The monoisotopic (exact) mass is 438 g/mol. The minimum Gasteiger partial charge on any atom is -0.326 e. The van der Waals surface area contributed by atoms with Crippen molar-refractivity contribution in [2.24, 2.45) is 0 Å². The van der Waals surface area contributed by atoms with E-state index < -0.39 is 10.0 Å². The zero-order valence-electron chi connectivity index (χ0n) is 17.6. The van der Waals surface area contributed by atoms with Gasteiger partial charge >= 0.3 is 0 Å². The molecule has 1 amide bonds. The highest BCUT2D eigenvalue weighted by Gasteiger charge is 2.16. The van der Waals surface area contributed by atoms with Gasteiger partial charge in [0.1, 0.15) is 0 Å². The molecule has 3 aromatic rings. The number of rotatable bonds is 9. The number of nitrogens with zero attached hydrogens (tertiary/aromatic N) is 2. The minimum atomic E-state index is -3.42. The molecule has 0 saturated heterocycles. The lowest BCUT2D eigenvalue weighted by Gasteiger charge is -2.08. The predicted octanol–water partition coefficient (Wildman–Crippen LogP) is 3.28. The predicted molar refractivity (Wildman–Crippen MR) is 123 cm³/mol. The molecule has 2 aromatic carbocycles. The number of anilines is 1. The Balaban J connectivity index is 1.65.